The first-order chi connectivity index (χ1) is 9.82. The van der Waals surface area contributed by atoms with Crippen LogP contribution in [0.3, 0.4) is 0 Å². The van der Waals surface area contributed by atoms with Gasteiger partial charge in [-0.05, 0) is 36.4 Å². The number of rotatable bonds is 5. The standard InChI is InChI=1S/C16H26N2O2S/c1-16(2)7-9-18(10-8-16)21(19,20)13-15-6-4-5-14(11-15)12-17-3/h4-6,11,17H,7-10,12-13H2,1-3H3. The van der Waals surface area contributed by atoms with Crippen LogP contribution in [0.4, 0.5) is 0 Å². The van der Waals surface area contributed by atoms with Crippen LogP contribution >= 0.6 is 0 Å². The molecule has 1 aliphatic rings. The fourth-order valence-corrected chi connectivity index (χ4v) is 4.23. The van der Waals surface area contributed by atoms with Crippen LogP contribution in [0.25, 0.3) is 0 Å². The van der Waals surface area contributed by atoms with Crippen LogP contribution in [0.2, 0.25) is 0 Å². The SMILES string of the molecule is CNCc1cccc(CS(=O)(=O)N2CCC(C)(C)CC2)c1. The van der Waals surface area contributed by atoms with Crippen molar-refractivity contribution in [2.45, 2.75) is 39.0 Å². The van der Waals surface area contributed by atoms with E-state index in [1.165, 1.54) is 0 Å². The highest BCUT2D eigenvalue weighted by Gasteiger charge is 2.31. The molecule has 0 aromatic heterocycles. The summed E-state index contributed by atoms with van der Waals surface area (Å²) in [5, 5.41) is 3.09. The van der Waals surface area contributed by atoms with Gasteiger partial charge < -0.3 is 5.32 Å². The Hall–Kier alpha value is -0.910. The van der Waals surface area contributed by atoms with Crippen molar-refractivity contribution in [1.29, 1.82) is 0 Å². The Balaban J connectivity index is 2.06. The van der Waals surface area contributed by atoms with Crippen LogP contribution in [0.5, 0.6) is 0 Å². The van der Waals surface area contributed by atoms with E-state index in [2.05, 4.69) is 19.2 Å². The molecule has 1 aromatic rings. The molecule has 0 saturated carbocycles. The van der Waals surface area contributed by atoms with E-state index in [0.29, 0.717) is 13.1 Å². The first kappa shape index (κ1) is 16.5. The quantitative estimate of drug-likeness (QED) is 0.908. The van der Waals surface area contributed by atoms with Crippen molar-refractivity contribution >= 4 is 10.0 Å². The van der Waals surface area contributed by atoms with Crippen molar-refractivity contribution in [3.8, 4) is 0 Å². The monoisotopic (exact) mass is 310 g/mol. The maximum atomic E-state index is 12.5. The zero-order valence-corrected chi connectivity index (χ0v) is 14.0. The molecule has 1 aromatic carbocycles. The van der Waals surface area contributed by atoms with E-state index in [1.807, 2.05) is 31.3 Å². The lowest BCUT2D eigenvalue weighted by atomic mass is 9.83. The fourth-order valence-electron chi connectivity index (χ4n) is 2.71. The Morgan fingerprint density at radius 1 is 1.19 bits per heavy atom. The van der Waals surface area contributed by atoms with E-state index in [0.717, 1.165) is 30.5 Å². The molecular weight excluding hydrogens is 284 g/mol. The van der Waals surface area contributed by atoms with E-state index in [1.54, 1.807) is 4.31 Å². The number of sulfonamides is 1. The highest BCUT2D eigenvalue weighted by atomic mass is 32.2. The number of nitrogens with zero attached hydrogens (tertiary/aromatic N) is 1. The van der Waals surface area contributed by atoms with Crippen LogP contribution in [0.15, 0.2) is 24.3 Å². The summed E-state index contributed by atoms with van der Waals surface area (Å²) in [6, 6.07) is 7.80. The van der Waals surface area contributed by atoms with E-state index in [4.69, 9.17) is 0 Å². The minimum Gasteiger partial charge on any atom is -0.316 e. The first-order valence-corrected chi connectivity index (χ1v) is 9.14. The molecule has 1 aliphatic heterocycles. The molecule has 0 amide bonds. The molecule has 0 bridgehead atoms. The predicted molar refractivity (Wildman–Crippen MR) is 86.4 cm³/mol. The van der Waals surface area contributed by atoms with Gasteiger partial charge in [-0.25, -0.2) is 12.7 Å². The van der Waals surface area contributed by atoms with Crippen molar-refractivity contribution < 1.29 is 8.42 Å². The number of nitrogens with one attached hydrogen (secondary N) is 1. The third-order valence-corrected chi connectivity index (χ3v) is 6.04. The van der Waals surface area contributed by atoms with Gasteiger partial charge in [0, 0.05) is 19.6 Å². The largest absolute Gasteiger partial charge is 0.316 e. The molecule has 1 saturated heterocycles. The lowest BCUT2D eigenvalue weighted by Crippen LogP contribution is -2.41. The molecule has 0 atom stereocenters. The molecule has 0 spiro atoms. The Labute approximate surface area is 128 Å². The third-order valence-electron chi connectivity index (χ3n) is 4.19. The van der Waals surface area contributed by atoms with Crippen LogP contribution < -0.4 is 5.32 Å². The Kier molecular flexibility index (Phi) is 5.07. The van der Waals surface area contributed by atoms with Crippen molar-refractivity contribution in [2.75, 3.05) is 20.1 Å². The summed E-state index contributed by atoms with van der Waals surface area (Å²) in [7, 11) is -1.32. The maximum Gasteiger partial charge on any atom is 0.218 e. The van der Waals surface area contributed by atoms with Gasteiger partial charge in [0.15, 0.2) is 0 Å². The molecule has 0 aliphatic carbocycles. The van der Waals surface area contributed by atoms with Crippen molar-refractivity contribution in [2.24, 2.45) is 5.41 Å². The van der Waals surface area contributed by atoms with E-state index >= 15 is 0 Å². The number of piperidine rings is 1. The van der Waals surface area contributed by atoms with Gasteiger partial charge in [0.1, 0.15) is 0 Å². The van der Waals surface area contributed by atoms with E-state index in [9.17, 15) is 8.42 Å². The minimum atomic E-state index is -3.21. The average molecular weight is 310 g/mol. The van der Waals surface area contributed by atoms with E-state index < -0.39 is 10.0 Å². The second kappa shape index (κ2) is 6.46. The lowest BCUT2D eigenvalue weighted by molar-refractivity contribution is 0.195. The van der Waals surface area contributed by atoms with Gasteiger partial charge in [0.2, 0.25) is 10.0 Å². The summed E-state index contributed by atoms with van der Waals surface area (Å²) in [4.78, 5) is 0. The third kappa shape index (κ3) is 4.53. The number of hydrogen-bond acceptors (Lipinski definition) is 3. The Bertz CT molecular complexity index is 572. The molecule has 1 fully saturated rings. The Morgan fingerprint density at radius 2 is 1.81 bits per heavy atom. The lowest BCUT2D eigenvalue weighted by Gasteiger charge is -2.36. The number of benzene rings is 1. The van der Waals surface area contributed by atoms with Crippen molar-refractivity contribution in [3.63, 3.8) is 0 Å². The molecular formula is C16H26N2O2S. The summed E-state index contributed by atoms with van der Waals surface area (Å²) >= 11 is 0. The maximum absolute atomic E-state index is 12.5. The van der Waals surface area contributed by atoms with Gasteiger partial charge in [-0.2, -0.15) is 0 Å². The molecule has 4 nitrogen and oxygen atoms in total. The van der Waals surface area contributed by atoms with Gasteiger partial charge in [-0.1, -0.05) is 38.1 Å². The minimum absolute atomic E-state index is 0.102. The first-order valence-electron chi connectivity index (χ1n) is 7.53. The smallest absolute Gasteiger partial charge is 0.218 e. The van der Waals surface area contributed by atoms with Crippen LogP contribution in [0.1, 0.15) is 37.8 Å². The molecule has 1 heterocycles. The molecule has 5 heteroatoms. The van der Waals surface area contributed by atoms with Crippen molar-refractivity contribution in [3.05, 3.63) is 35.4 Å². The second-order valence-electron chi connectivity index (χ2n) is 6.67. The number of hydrogen-bond donors (Lipinski definition) is 1. The summed E-state index contributed by atoms with van der Waals surface area (Å²) < 4.78 is 26.7. The summed E-state index contributed by atoms with van der Waals surface area (Å²) in [6.45, 7) is 6.46. The fraction of sp³-hybridized carbons (Fsp3) is 0.625. The average Bonchev–Trinajstić information content (AvgIpc) is 2.38. The molecule has 118 valence electrons. The molecule has 1 N–H and O–H groups in total. The van der Waals surface area contributed by atoms with Crippen LogP contribution in [0, 0.1) is 5.41 Å². The normalized spacial score (nSPS) is 19.6. The van der Waals surface area contributed by atoms with Gasteiger partial charge in [-0.15, -0.1) is 0 Å². The van der Waals surface area contributed by atoms with Crippen molar-refractivity contribution in [1.82, 2.24) is 9.62 Å². The summed E-state index contributed by atoms with van der Waals surface area (Å²) in [5.74, 6) is 0.102. The molecule has 0 unspecified atom stereocenters. The van der Waals surface area contributed by atoms with Gasteiger partial charge in [0.25, 0.3) is 0 Å². The zero-order valence-electron chi connectivity index (χ0n) is 13.2. The molecule has 0 radical (unpaired) electrons. The van der Waals surface area contributed by atoms with E-state index in [-0.39, 0.29) is 11.2 Å². The highest BCUT2D eigenvalue weighted by Crippen LogP contribution is 2.31. The predicted octanol–water partition coefficient (Wildman–Crippen LogP) is 2.36. The Morgan fingerprint density at radius 3 is 2.43 bits per heavy atom. The zero-order chi connectivity index (χ0) is 15.5. The molecule has 21 heavy (non-hydrogen) atoms. The van der Waals surface area contributed by atoms with Crippen LogP contribution in [-0.4, -0.2) is 32.9 Å². The topological polar surface area (TPSA) is 49.4 Å². The van der Waals surface area contributed by atoms with Crippen LogP contribution in [-0.2, 0) is 22.3 Å². The summed E-state index contributed by atoms with van der Waals surface area (Å²) in [5.41, 5.74) is 2.25. The van der Waals surface area contributed by atoms with Gasteiger partial charge in [-0.3, -0.25) is 0 Å². The summed E-state index contributed by atoms with van der Waals surface area (Å²) in [6.07, 6.45) is 1.87. The van der Waals surface area contributed by atoms with Gasteiger partial charge >= 0.3 is 0 Å². The second-order valence-corrected chi connectivity index (χ2v) is 8.64. The molecule has 2 rings (SSSR count). The highest BCUT2D eigenvalue weighted by molar-refractivity contribution is 7.88. The van der Waals surface area contributed by atoms with Gasteiger partial charge in [0.05, 0.1) is 5.75 Å².